The van der Waals surface area contributed by atoms with Crippen LogP contribution in [0, 0.1) is 0 Å². The molecule has 0 fully saturated rings. The molecule has 0 radical (unpaired) electrons. The van der Waals surface area contributed by atoms with Gasteiger partial charge in [0.05, 0.1) is 26.7 Å². The van der Waals surface area contributed by atoms with Crippen molar-refractivity contribution in [3.63, 3.8) is 0 Å². The molecule has 1 atom stereocenters. The molecule has 8 nitrogen and oxygen atoms in total. The summed E-state index contributed by atoms with van der Waals surface area (Å²) in [6.45, 7) is 0.385. The molecule has 0 aliphatic carbocycles. The van der Waals surface area contributed by atoms with Crippen molar-refractivity contribution in [1.29, 1.82) is 0 Å². The van der Waals surface area contributed by atoms with Gasteiger partial charge in [-0.2, -0.15) is 0 Å². The molecule has 0 saturated heterocycles. The standard InChI is InChI=1S/C21H23NO7/c1-25-15-6-8-16(9-7-15)26-11-10-21(24)28-14-20(23)22-12-17-13-27-18-4-2-3-5-19(18)29-17/h2-9,17H,10-14H2,1H3,(H,22,23). The number of carbonyl (C=O) groups excluding carboxylic acids is 2. The molecule has 0 bridgehead atoms. The number of amides is 1. The van der Waals surface area contributed by atoms with Crippen molar-refractivity contribution in [2.24, 2.45) is 0 Å². The first-order valence-electron chi connectivity index (χ1n) is 9.21. The Morgan fingerprint density at radius 1 is 1.07 bits per heavy atom. The molecular weight excluding hydrogens is 378 g/mol. The predicted octanol–water partition coefficient (Wildman–Crippen LogP) is 1.96. The summed E-state index contributed by atoms with van der Waals surface area (Å²) in [6, 6.07) is 14.3. The highest BCUT2D eigenvalue weighted by molar-refractivity contribution is 5.80. The van der Waals surface area contributed by atoms with Crippen molar-refractivity contribution in [3.8, 4) is 23.0 Å². The van der Waals surface area contributed by atoms with Crippen LogP contribution in [-0.4, -0.2) is 51.5 Å². The molecule has 1 unspecified atom stereocenters. The quantitative estimate of drug-likeness (QED) is 0.642. The summed E-state index contributed by atoms with van der Waals surface area (Å²) < 4.78 is 26.8. The number of hydrogen-bond acceptors (Lipinski definition) is 7. The zero-order valence-electron chi connectivity index (χ0n) is 16.1. The van der Waals surface area contributed by atoms with E-state index >= 15 is 0 Å². The van der Waals surface area contributed by atoms with E-state index in [2.05, 4.69) is 5.32 Å². The molecule has 3 rings (SSSR count). The number of hydrogen-bond donors (Lipinski definition) is 1. The van der Waals surface area contributed by atoms with E-state index < -0.39 is 11.9 Å². The Balaban J connectivity index is 1.28. The van der Waals surface area contributed by atoms with Crippen molar-refractivity contribution < 1.29 is 33.3 Å². The minimum Gasteiger partial charge on any atom is -0.497 e. The van der Waals surface area contributed by atoms with Gasteiger partial charge in [-0.25, -0.2) is 0 Å². The first-order chi connectivity index (χ1) is 14.1. The Morgan fingerprint density at radius 2 is 1.79 bits per heavy atom. The molecule has 0 spiro atoms. The summed E-state index contributed by atoms with van der Waals surface area (Å²) in [6.07, 6.45) is -0.266. The normalized spacial score (nSPS) is 14.6. The predicted molar refractivity (Wildman–Crippen MR) is 103 cm³/mol. The summed E-state index contributed by atoms with van der Waals surface area (Å²) in [5.74, 6) is 1.74. The molecule has 0 saturated carbocycles. The van der Waals surface area contributed by atoms with Gasteiger partial charge in [0, 0.05) is 0 Å². The van der Waals surface area contributed by atoms with Crippen LogP contribution >= 0.6 is 0 Å². The van der Waals surface area contributed by atoms with Gasteiger partial charge in [0.15, 0.2) is 18.1 Å². The third kappa shape index (κ3) is 6.31. The average molecular weight is 401 g/mol. The minimum atomic E-state index is -0.514. The largest absolute Gasteiger partial charge is 0.497 e. The van der Waals surface area contributed by atoms with Gasteiger partial charge in [-0.15, -0.1) is 0 Å². The summed E-state index contributed by atoms with van der Waals surface area (Å²) in [5.41, 5.74) is 0. The van der Waals surface area contributed by atoms with E-state index in [0.717, 1.165) is 5.75 Å². The second kappa shape index (κ2) is 10.2. The number of para-hydroxylation sites is 2. The highest BCUT2D eigenvalue weighted by Crippen LogP contribution is 2.30. The zero-order valence-corrected chi connectivity index (χ0v) is 16.1. The minimum absolute atomic E-state index is 0.0374. The molecule has 8 heteroatoms. The summed E-state index contributed by atoms with van der Waals surface area (Å²) in [4.78, 5) is 23.6. The van der Waals surface area contributed by atoms with Gasteiger partial charge >= 0.3 is 5.97 Å². The van der Waals surface area contributed by atoms with Gasteiger partial charge in [-0.1, -0.05) is 12.1 Å². The second-order valence-electron chi connectivity index (χ2n) is 6.24. The van der Waals surface area contributed by atoms with Crippen molar-refractivity contribution >= 4 is 11.9 Å². The monoisotopic (exact) mass is 401 g/mol. The smallest absolute Gasteiger partial charge is 0.309 e. The summed E-state index contributed by atoms with van der Waals surface area (Å²) in [5, 5.41) is 2.67. The molecule has 2 aromatic rings. The lowest BCUT2D eigenvalue weighted by molar-refractivity contribution is -0.149. The van der Waals surface area contributed by atoms with Gasteiger partial charge in [-0.05, 0) is 36.4 Å². The number of benzene rings is 2. The fourth-order valence-corrected chi connectivity index (χ4v) is 2.58. The number of esters is 1. The number of carbonyl (C=O) groups is 2. The summed E-state index contributed by atoms with van der Waals surface area (Å²) in [7, 11) is 1.58. The fraction of sp³-hybridized carbons (Fsp3) is 0.333. The van der Waals surface area contributed by atoms with Gasteiger partial charge in [0.2, 0.25) is 0 Å². The first-order valence-corrected chi connectivity index (χ1v) is 9.21. The Morgan fingerprint density at radius 3 is 2.55 bits per heavy atom. The van der Waals surface area contributed by atoms with E-state index in [1.807, 2.05) is 18.2 Å². The fourth-order valence-electron chi connectivity index (χ4n) is 2.58. The van der Waals surface area contributed by atoms with E-state index in [0.29, 0.717) is 23.9 Å². The van der Waals surface area contributed by atoms with Crippen LogP contribution < -0.4 is 24.3 Å². The van der Waals surface area contributed by atoms with Gasteiger partial charge < -0.3 is 29.0 Å². The summed E-state index contributed by atoms with van der Waals surface area (Å²) >= 11 is 0. The highest BCUT2D eigenvalue weighted by Gasteiger charge is 2.21. The third-order valence-electron chi connectivity index (χ3n) is 4.09. The van der Waals surface area contributed by atoms with Gasteiger partial charge in [-0.3, -0.25) is 9.59 Å². The van der Waals surface area contributed by atoms with E-state index in [1.165, 1.54) is 0 Å². The number of fused-ring (bicyclic) bond motifs is 1. The van der Waals surface area contributed by atoms with Gasteiger partial charge in [0.1, 0.15) is 24.2 Å². The molecule has 1 heterocycles. The average Bonchev–Trinajstić information content (AvgIpc) is 2.76. The van der Waals surface area contributed by atoms with Crippen LogP contribution in [0.3, 0.4) is 0 Å². The van der Waals surface area contributed by atoms with Crippen LogP contribution in [0.2, 0.25) is 0 Å². The highest BCUT2D eigenvalue weighted by atomic mass is 16.6. The van der Waals surface area contributed by atoms with E-state index in [4.69, 9.17) is 23.7 Å². The van der Waals surface area contributed by atoms with Crippen molar-refractivity contribution in [1.82, 2.24) is 5.32 Å². The maximum Gasteiger partial charge on any atom is 0.309 e. The van der Waals surface area contributed by atoms with Crippen LogP contribution in [0.5, 0.6) is 23.0 Å². The lowest BCUT2D eigenvalue weighted by Gasteiger charge is -2.26. The lowest BCUT2D eigenvalue weighted by atomic mass is 10.2. The molecule has 2 aromatic carbocycles. The third-order valence-corrected chi connectivity index (χ3v) is 4.09. The van der Waals surface area contributed by atoms with Crippen molar-refractivity contribution in [2.75, 3.05) is 33.5 Å². The number of nitrogens with one attached hydrogen (secondary N) is 1. The maximum absolute atomic E-state index is 11.9. The Labute approximate surface area is 168 Å². The molecule has 1 aliphatic rings. The number of rotatable bonds is 9. The van der Waals surface area contributed by atoms with E-state index in [9.17, 15) is 9.59 Å². The second-order valence-corrected chi connectivity index (χ2v) is 6.24. The Kier molecular flexibility index (Phi) is 7.16. The van der Waals surface area contributed by atoms with Crippen molar-refractivity contribution in [2.45, 2.75) is 12.5 Å². The van der Waals surface area contributed by atoms with Crippen LogP contribution in [0.25, 0.3) is 0 Å². The Hall–Kier alpha value is -3.42. The topological polar surface area (TPSA) is 92.3 Å². The van der Waals surface area contributed by atoms with E-state index in [-0.39, 0.29) is 32.3 Å². The molecule has 1 aliphatic heterocycles. The van der Waals surface area contributed by atoms with Crippen LogP contribution in [0.1, 0.15) is 6.42 Å². The molecule has 1 N–H and O–H groups in total. The molecule has 1 amide bonds. The molecule has 154 valence electrons. The molecule has 0 aromatic heterocycles. The lowest BCUT2D eigenvalue weighted by Crippen LogP contribution is -2.42. The Bertz CT molecular complexity index is 822. The maximum atomic E-state index is 11.9. The van der Waals surface area contributed by atoms with Crippen molar-refractivity contribution in [3.05, 3.63) is 48.5 Å². The molecule has 29 heavy (non-hydrogen) atoms. The van der Waals surface area contributed by atoms with E-state index in [1.54, 1.807) is 37.4 Å². The number of methoxy groups -OCH3 is 1. The number of ether oxygens (including phenoxy) is 5. The molecular formula is C21H23NO7. The SMILES string of the molecule is COc1ccc(OCCC(=O)OCC(=O)NCC2COc3ccccc3O2)cc1. The van der Waals surface area contributed by atoms with Crippen LogP contribution in [0.4, 0.5) is 0 Å². The van der Waals surface area contributed by atoms with Crippen LogP contribution in [-0.2, 0) is 14.3 Å². The zero-order chi connectivity index (χ0) is 20.5. The van der Waals surface area contributed by atoms with Gasteiger partial charge in [0.25, 0.3) is 5.91 Å². The van der Waals surface area contributed by atoms with Crippen LogP contribution in [0.15, 0.2) is 48.5 Å². The first kappa shape index (κ1) is 20.3.